The first-order chi connectivity index (χ1) is 14.6. The van der Waals surface area contributed by atoms with E-state index >= 15 is 0 Å². The maximum absolute atomic E-state index is 13.0. The molecule has 1 N–H and O–H groups in total. The van der Waals surface area contributed by atoms with Gasteiger partial charge in [-0.1, -0.05) is 35.9 Å². The number of benzene rings is 2. The van der Waals surface area contributed by atoms with Crippen LogP contribution >= 0.6 is 0 Å². The van der Waals surface area contributed by atoms with Crippen molar-refractivity contribution in [3.8, 4) is 5.75 Å². The molecule has 0 aliphatic carbocycles. The van der Waals surface area contributed by atoms with Gasteiger partial charge in [-0.2, -0.15) is 0 Å². The molecule has 1 aromatic heterocycles. The van der Waals surface area contributed by atoms with Crippen molar-refractivity contribution in [2.75, 3.05) is 32.7 Å². The molecule has 0 radical (unpaired) electrons. The summed E-state index contributed by atoms with van der Waals surface area (Å²) in [6.07, 6.45) is 2.05. The van der Waals surface area contributed by atoms with Crippen LogP contribution in [0.4, 0.5) is 10.5 Å². The summed E-state index contributed by atoms with van der Waals surface area (Å²) in [7, 11) is 3.24. The van der Waals surface area contributed by atoms with Crippen LogP contribution in [-0.2, 0) is 17.8 Å². The average Bonchev–Trinajstić information content (AvgIpc) is 3.19. The first-order valence-corrected chi connectivity index (χ1v) is 9.97. The molecule has 0 saturated carbocycles. The summed E-state index contributed by atoms with van der Waals surface area (Å²) in [5.41, 5.74) is 4.22. The normalized spacial score (nSPS) is 10.6. The third-order valence-electron chi connectivity index (χ3n) is 4.92. The Kier molecular flexibility index (Phi) is 7.51. The van der Waals surface area contributed by atoms with E-state index in [2.05, 4.69) is 41.1 Å². The van der Waals surface area contributed by atoms with Gasteiger partial charge in [0.1, 0.15) is 5.75 Å². The molecular formula is C24H29N3O3. The topological polar surface area (TPSA) is 55.7 Å². The van der Waals surface area contributed by atoms with Crippen LogP contribution in [0.5, 0.6) is 5.75 Å². The van der Waals surface area contributed by atoms with Gasteiger partial charge < -0.3 is 24.3 Å². The maximum Gasteiger partial charge on any atom is 0.322 e. The zero-order valence-electron chi connectivity index (χ0n) is 17.8. The van der Waals surface area contributed by atoms with E-state index in [4.69, 9.17) is 9.47 Å². The van der Waals surface area contributed by atoms with Crippen molar-refractivity contribution in [1.29, 1.82) is 0 Å². The lowest BCUT2D eigenvalue weighted by molar-refractivity contribution is 0.152. The highest BCUT2D eigenvalue weighted by atomic mass is 16.5. The Labute approximate surface area is 178 Å². The number of aromatic nitrogens is 1. The zero-order chi connectivity index (χ0) is 21.3. The van der Waals surface area contributed by atoms with E-state index < -0.39 is 0 Å². The lowest BCUT2D eigenvalue weighted by atomic mass is 10.1. The molecule has 0 aliphatic heterocycles. The number of aryl methyl sites for hydroxylation is 1. The van der Waals surface area contributed by atoms with E-state index in [0.29, 0.717) is 31.1 Å². The van der Waals surface area contributed by atoms with Gasteiger partial charge in [-0.05, 0) is 36.8 Å². The molecular weight excluding hydrogens is 378 g/mol. The summed E-state index contributed by atoms with van der Waals surface area (Å²) in [5, 5.41) is 2.96. The summed E-state index contributed by atoms with van der Waals surface area (Å²) < 4.78 is 12.6. The molecule has 0 atom stereocenters. The molecule has 6 nitrogen and oxygen atoms in total. The number of rotatable bonds is 9. The first kappa shape index (κ1) is 21.5. The quantitative estimate of drug-likeness (QED) is 0.567. The van der Waals surface area contributed by atoms with Crippen molar-refractivity contribution in [3.63, 3.8) is 0 Å². The summed E-state index contributed by atoms with van der Waals surface area (Å²) in [6, 6.07) is 19.7. The molecule has 30 heavy (non-hydrogen) atoms. The van der Waals surface area contributed by atoms with Crippen molar-refractivity contribution in [2.24, 2.45) is 0 Å². The number of carbonyl (C=O) groups excluding carboxylic acids is 1. The Balaban J connectivity index is 1.72. The number of methoxy groups -OCH3 is 2. The van der Waals surface area contributed by atoms with Crippen molar-refractivity contribution < 1.29 is 14.3 Å². The molecule has 0 fully saturated rings. The fourth-order valence-electron chi connectivity index (χ4n) is 3.19. The largest absolute Gasteiger partial charge is 0.497 e. The predicted octanol–water partition coefficient (Wildman–Crippen LogP) is 4.53. The van der Waals surface area contributed by atoms with Crippen LogP contribution in [-0.4, -0.2) is 42.9 Å². The number of nitrogens with zero attached hydrogens (tertiary/aromatic N) is 2. The second-order valence-corrected chi connectivity index (χ2v) is 7.19. The Morgan fingerprint density at radius 2 is 1.87 bits per heavy atom. The molecule has 0 saturated heterocycles. The molecule has 1 heterocycles. The van der Waals surface area contributed by atoms with E-state index in [0.717, 1.165) is 12.2 Å². The van der Waals surface area contributed by atoms with E-state index in [-0.39, 0.29) is 6.03 Å². The van der Waals surface area contributed by atoms with Crippen LogP contribution < -0.4 is 10.1 Å². The Bertz CT molecular complexity index is 950. The van der Waals surface area contributed by atoms with Gasteiger partial charge >= 0.3 is 6.03 Å². The SMILES string of the molecule is COCCN(Cc1cccn1Cc1ccc(C)cc1)C(=O)Nc1cccc(OC)c1. The van der Waals surface area contributed by atoms with Crippen molar-refractivity contribution in [3.05, 3.63) is 83.7 Å². The van der Waals surface area contributed by atoms with Crippen LogP contribution in [0, 0.1) is 6.92 Å². The van der Waals surface area contributed by atoms with Gasteiger partial charge in [-0.25, -0.2) is 4.79 Å². The number of amides is 2. The van der Waals surface area contributed by atoms with Gasteiger partial charge in [0.25, 0.3) is 0 Å². The van der Waals surface area contributed by atoms with Crippen LogP contribution in [0.15, 0.2) is 66.9 Å². The Morgan fingerprint density at radius 3 is 2.60 bits per heavy atom. The molecule has 158 valence electrons. The number of hydrogen-bond donors (Lipinski definition) is 1. The minimum atomic E-state index is -0.177. The van der Waals surface area contributed by atoms with Crippen molar-refractivity contribution in [2.45, 2.75) is 20.0 Å². The molecule has 2 aromatic carbocycles. The predicted molar refractivity (Wildman–Crippen MR) is 119 cm³/mol. The third-order valence-corrected chi connectivity index (χ3v) is 4.92. The van der Waals surface area contributed by atoms with Crippen molar-refractivity contribution in [1.82, 2.24) is 9.47 Å². The highest BCUT2D eigenvalue weighted by Gasteiger charge is 2.16. The smallest absolute Gasteiger partial charge is 0.322 e. The number of anilines is 1. The highest BCUT2D eigenvalue weighted by Crippen LogP contribution is 2.18. The third kappa shape index (κ3) is 5.87. The number of hydrogen-bond acceptors (Lipinski definition) is 3. The first-order valence-electron chi connectivity index (χ1n) is 9.97. The standard InChI is InChI=1S/C24H29N3O3/c1-19-9-11-20(12-10-19)17-26-13-5-7-22(26)18-27(14-15-29-2)24(28)25-21-6-4-8-23(16-21)30-3/h4-13,16H,14-15,17-18H2,1-3H3,(H,25,28). The second-order valence-electron chi connectivity index (χ2n) is 7.19. The van der Waals surface area contributed by atoms with Crippen molar-refractivity contribution >= 4 is 11.7 Å². The van der Waals surface area contributed by atoms with E-state index in [1.807, 2.05) is 36.5 Å². The monoisotopic (exact) mass is 407 g/mol. The number of urea groups is 1. The van der Waals surface area contributed by atoms with Crippen LogP contribution in [0.1, 0.15) is 16.8 Å². The minimum absolute atomic E-state index is 0.177. The number of carbonyl (C=O) groups is 1. The average molecular weight is 408 g/mol. The minimum Gasteiger partial charge on any atom is -0.497 e. The molecule has 0 spiro atoms. The lowest BCUT2D eigenvalue weighted by Gasteiger charge is -2.24. The van der Waals surface area contributed by atoms with Gasteiger partial charge in [0.05, 0.1) is 20.3 Å². The van der Waals surface area contributed by atoms with Gasteiger partial charge in [0.2, 0.25) is 0 Å². The summed E-state index contributed by atoms with van der Waals surface area (Å²) in [5.74, 6) is 0.697. The maximum atomic E-state index is 13.0. The van der Waals surface area contributed by atoms with E-state index in [1.54, 1.807) is 25.2 Å². The number of ether oxygens (including phenoxy) is 2. The molecule has 0 aliphatic rings. The van der Waals surface area contributed by atoms with Crippen LogP contribution in [0.2, 0.25) is 0 Å². The van der Waals surface area contributed by atoms with Gasteiger partial charge in [-0.3, -0.25) is 0 Å². The number of nitrogens with one attached hydrogen (secondary N) is 1. The van der Waals surface area contributed by atoms with Gasteiger partial charge in [0, 0.05) is 43.8 Å². The highest BCUT2D eigenvalue weighted by molar-refractivity contribution is 5.89. The summed E-state index contributed by atoms with van der Waals surface area (Å²) >= 11 is 0. The Morgan fingerprint density at radius 1 is 1.07 bits per heavy atom. The fraction of sp³-hybridized carbons (Fsp3) is 0.292. The summed E-state index contributed by atoms with van der Waals surface area (Å²) in [4.78, 5) is 14.7. The fourth-order valence-corrected chi connectivity index (χ4v) is 3.19. The van der Waals surface area contributed by atoms with Crippen LogP contribution in [0.3, 0.4) is 0 Å². The second kappa shape index (κ2) is 10.5. The summed E-state index contributed by atoms with van der Waals surface area (Å²) in [6.45, 7) is 4.28. The van der Waals surface area contributed by atoms with E-state index in [9.17, 15) is 4.79 Å². The molecule has 0 bridgehead atoms. The molecule has 6 heteroatoms. The van der Waals surface area contributed by atoms with Crippen LogP contribution in [0.25, 0.3) is 0 Å². The van der Waals surface area contributed by atoms with Gasteiger partial charge in [-0.15, -0.1) is 0 Å². The molecule has 3 aromatic rings. The molecule has 0 unspecified atom stereocenters. The van der Waals surface area contributed by atoms with Gasteiger partial charge in [0.15, 0.2) is 0 Å². The molecule has 3 rings (SSSR count). The molecule has 2 amide bonds. The zero-order valence-corrected chi connectivity index (χ0v) is 17.8. The van der Waals surface area contributed by atoms with E-state index in [1.165, 1.54) is 11.1 Å². The lowest BCUT2D eigenvalue weighted by Crippen LogP contribution is -2.37. The Hall–Kier alpha value is -3.25.